The number of fused-ring (bicyclic) bond motifs is 1. The largest absolute Gasteiger partial charge is 0.355 e. The standard InChI is InChI=1S/C20H28N6O/c1-14-15(2)21-13-26(20(14)27)11-16-4-8-25(9-5-16)19-10-17-12-24(3)7-6-18(17)22-23-19/h10,13,16H,4-9,11-12H2,1-3H3. The highest BCUT2D eigenvalue weighted by molar-refractivity contribution is 5.42. The normalized spacial score (nSPS) is 18.6. The average Bonchev–Trinajstić information content (AvgIpc) is 2.68. The first-order valence-corrected chi connectivity index (χ1v) is 9.83. The molecule has 7 heteroatoms. The van der Waals surface area contributed by atoms with Crippen LogP contribution < -0.4 is 10.5 Å². The molecule has 2 aromatic heterocycles. The summed E-state index contributed by atoms with van der Waals surface area (Å²) in [6.07, 6.45) is 4.79. The summed E-state index contributed by atoms with van der Waals surface area (Å²) in [7, 11) is 2.15. The van der Waals surface area contributed by atoms with Crippen molar-refractivity contribution in [2.75, 3.05) is 31.6 Å². The van der Waals surface area contributed by atoms with Crippen molar-refractivity contribution in [2.45, 2.75) is 46.2 Å². The van der Waals surface area contributed by atoms with Crippen LogP contribution >= 0.6 is 0 Å². The third kappa shape index (κ3) is 3.74. The first-order valence-electron chi connectivity index (χ1n) is 9.83. The van der Waals surface area contributed by atoms with E-state index in [2.05, 4.69) is 38.1 Å². The van der Waals surface area contributed by atoms with Crippen LogP contribution in [0, 0.1) is 19.8 Å². The van der Waals surface area contributed by atoms with E-state index in [0.29, 0.717) is 5.92 Å². The second-order valence-corrected chi connectivity index (χ2v) is 8.01. The minimum Gasteiger partial charge on any atom is -0.355 e. The molecule has 2 aliphatic heterocycles. The quantitative estimate of drug-likeness (QED) is 0.819. The Morgan fingerprint density at radius 1 is 1.15 bits per heavy atom. The molecule has 7 nitrogen and oxygen atoms in total. The van der Waals surface area contributed by atoms with Gasteiger partial charge in [0.15, 0.2) is 5.82 Å². The van der Waals surface area contributed by atoms with Gasteiger partial charge >= 0.3 is 0 Å². The van der Waals surface area contributed by atoms with E-state index in [9.17, 15) is 4.79 Å². The second kappa shape index (κ2) is 7.38. The van der Waals surface area contributed by atoms with Crippen molar-refractivity contribution in [3.8, 4) is 0 Å². The maximum Gasteiger partial charge on any atom is 0.256 e. The van der Waals surface area contributed by atoms with Crippen LogP contribution in [0.25, 0.3) is 0 Å². The van der Waals surface area contributed by atoms with E-state index in [1.807, 2.05) is 13.8 Å². The van der Waals surface area contributed by atoms with Crippen molar-refractivity contribution in [3.05, 3.63) is 45.3 Å². The van der Waals surface area contributed by atoms with E-state index >= 15 is 0 Å². The number of nitrogens with zero attached hydrogens (tertiary/aromatic N) is 6. The van der Waals surface area contributed by atoms with Gasteiger partial charge in [-0.3, -0.25) is 9.36 Å². The van der Waals surface area contributed by atoms with Gasteiger partial charge in [-0.2, -0.15) is 5.10 Å². The molecule has 144 valence electrons. The van der Waals surface area contributed by atoms with E-state index in [-0.39, 0.29) is 5.56 Å². The van der Waals surface area contributed by atoms with E-state index in [4.69, 9.17) is 0 Å². The van der Waals surface area contributed by atoms with Crippen molar-refractivity contribution in [1.82, 2.24) is 24.6 Å². The van der Waals surface area contributed by atoms with Gasteiger partial charge in [0, 0.05) is 50.4 Å². The van der Waals surface area contributed by atoms with Gasteiger partial charge in [0.05, 0.1) is 12.0 Å². The number of anilines is 1. The van der Waals surface area contributed by atoms with Crippen LogP contribution in [-0.2, 0) is 19.5 Å². The summed E-state index contributed by atoms with van der Waals surface area (Å²) in [6, 6.07) is 2.22. The van der Waals surface area contributed by atoms with Crippen LogP contribution in [0.1, 0.15) is 35.4 Å². The Balaban J connectivity index is 1.40. The van der Waals surface area contributed by atoms with Gasteiger partial charge in [-0.05, 0) is 51.3 Å². The molecule has 0 N–H and O–H groups in total. The van der Waals surface area contributed by atoms with Crippen LogP contribution in [0.5, 0.6) is 0 Å². The van der Waals surface area contributed by atoms with Crippen LogP contribution in [-0.4, -0.2) is 51.3 Å². The first-order chi connectivity index (χ1) is 13.0. The zero-order valence-electron chi connectivity index (χ0n) is 16.5. The lowest BCUT2D eigenvalue weighted by Crippen LogP contribution is -2.37. The first kappa shape index (κ1) is 18.1. The van der Waals surface area contributed by atoms with Crippen LogP contribution in [0.4, 0.5) is 5.82 Å². The zero-order valence-corrected chi connectivity index (χ0v) is 16.5. The molecule has 1 fully saturated rings. The number of hydrogen-bond donors (Lipinski definition) is 0. The maximum absolute atomic E-state index is 12.4. The topological polar surface area (TPSA) is 67.2 Å². The van der Waals surface area contributed by atoms with Gasteiger partial charge in [0.2, 0.25) is 0 Å². The number of aryl methyl sites for hydroxylation is 1. The molecule has 0 aliphatic carbocycles. The third-order valence-electron chi connectivity index (χ3n) is 6.03. The van der Waals surface area contributed by atoms with E-state index in [1.54, 1.807) is 10.9 Å². The van der Waals surface area contributed by atoms with E-state index in [1.165, 1.54) is 5.56 Å². The molecule has 0 saturated carbocycles. The lowest BCUT2D eigenvalue weighted by molar-refractivity contribution is 0.308. The molecule has 27 heavy (non-hydrogen) atoms. The highest BCUT2D eigenvalue weighted by atomic mass is 16.1. The average molecular weight is 368 g/mol. The predicted octanol–water partition coefficient (Wildman–Crippen LogP) is 1.55. The summed E-state index contributed by atoms with van der Waals surface area (Å²) in [4.78, 5) is 21.4. The van der Waals surface area contributed by atoms with Crippen molar-refractivity contribution < 1.29 is 0 Å². The number of rotatable bonds is 3. The molecular formula is C20H28N6O. The van der Waals surface area contributed by atoms with E-state index < -0.39 is 0 Å². The summed E-state index contributed by atoms with van der Waals surface area (Å²) in [5.74, 6) is 1.49. The van der Waals surface area contributed by atoms with Crippen LogP contribution in [0.2, 0.25) is 0 Å². The Kier molecular flexibility index (Phi) is 4.95. The molecule has 4 heterocycles. The van der Waals surface area contributed by atoms with Crippen LogP contribution in [0.3, 0.4) is 0 Å². The Hall–Kier alpha value is -2.28. The third-order valence-corrected chi connectivity index (χ3v) is 6.03. The molecule has 2 aliphatic rings. The Labute approximate surface area is 160 Å². The summed E-state index contributed by atoms with van der Waals surface area (Å²) in [5, 5.41) is 8.95. The lowest BCUT2D eigenvalue weighted by Gasteiger charge is -2.33. The Morgan fingerprint density at radius 3 is 2.70 bits per heavy atom. The molecule has 4 rings (SSSR count). The van der Waals surface area contributed by atoms with Gasteiger partial charge < -0.3 is 9.80 Å². The Bertz CT molecular complexity index is 885. The molecule has 0 bridgehead atoms. The summed E-state index contributed by atoms with van der Waals surface area (Å²) >= 11 is 0. The minimum atomic E-state index is 0.0922. The zero-order chi connectivity index (χ0) is 19.0. The van der Waals surface area contributed by atoms with Crippen molar-refractivity contribution in [3.63, 3.8) is 0 Å². The number of likely N-dealkylation sites (N-methyl/N-ethyl adjacent to an activating group) is 1. The summed E-state index contributed by atoms with van der Waals surface area (Å²) in [5.41, 5.74) is 4.12. The van der Waals surface area contributed by atoms with Gasteiger partial charge in [-0.1, -0.05) is 0 Å². The summed E-state index contributed by atoms with van der Waals surface area (Å²) in [6.45, 7) is 8.42. The van der Waals surface area contributed by atoms with Gasteiger partial charge in [0.25, 0.3) is 5.56 Å². The fraction of sp³-hybridized carbons (Fsp3) is 0.600. The number of aromatic nitrogens is 4. The molecule has 0 aromatic carbocycles. The van der Waals surface area contributed by atoms with Crippen molar-refractivity contribution >= 4 is 5.82 Å². The summed E-state index contributed by atoms with van der Waals surface area (Å²) < 4.78 is 1.77. The number of hydrogen-bond acceptors (Lipinski definition) is 6. The number of piperidine rings is 1. The SMILES string of the molecule is Cc1ncn(CC2CCN(c3cc4c(nn3)CCN(C)C4)CC2)c(=O)c1C. The smallest absolute Gasteiger partial charge is 0.256 e. The highest BCUT2D eigenvalue weighted by Crippen LogP contribution is 2.25. The highest BCUT2D eigenvalue weighted by Gasteiger charge is 2.23. The molecule has 1 saturated heterocycles. The van der Waals surface area contributed by atoms with Crippen molar-refractivity contribution in [2.24, 2.45) is 5.92 Å². The molecule has 0 unspecified atom stereocenters. The minimum absolute atomic E-state index is 0.0922. The predicted molar refractivity (Wildman–Crippen MR) is 105 cm³/mol. The fourth-order valence-electron chi connectivity index (χ4n) is 4.04. The van der Waals surface area contributed by atoms with Gasteiger partial charge in [-0.15, -0.1) is 5.10 Å². The molecule has 2 aromatic rings. The maximum atomic E-state index is 12.4. The van der Waals surface area contributed by atoms with Gasteiger partial charge in [0.1, 0.15) is 0 Å². The molecular weight excluding hydrogens is 340 g/mol. The molecule has 0 amide bonds. The molecule has 0 atom stereocenters. The monoisotopic (exact) mass is 368 g/mol. The van der Waals surface area contributed by atoms with Crippen molar-refractivity contribution in [1.29, 1.82) is 0 Å². The van der Waals surface area contributed by atoms with Gasteiger partial charge in [-0.25, -0.2) is 4.98 Å². The van der Waals surface area contributed by atoms with E-state index in [0.717, 1.165) is 74.8 Å². The van der Waals surface area contributed by atoms with Crippen LogP contribution in [0.15, 0.2) is 17.2 Å². The molecule has 0 radical (unpaired) electrons. The lowest BCUT2D eigenvalue weighted by atomic mass is 9.96. The molecule has 0 spiro atoms. The fourth-order valence-corrected chi connectivity index (χ4v) is 4.04. The second-order valence-electron chi connectivity index (χ2n) is 8.01. The Morgan fingerprint density at radius 2 is 1.93 bits per heavy atom.